The summed E-state index contributed by atoms with van der Waals surface area (Å²) in [5.41, 5.74) is 0.197. The lowest BCUT2D eigenvalue weighted by molar-refractivity contribution is 0.251. The van der Waals surface area contributed by atoms with Crippen molar-refractivity contribution in [3.63, 3.8) is 0 Å². The van der Waals surface area contributed by atoms with Gasteiger partial charge >= 0.3 is 0 Å². The highest BCUT2D eigenvalue weighted by Gasteiger charge is 2.36. The van der Waals surface area contributed by atoms with Gasteiger partial charge < -0.3 is 10.2 Å². The number of rotatable bonds is 3. The Morgan fingerprint density at radius 1 is 1.56 bits per heavy atom. The van der Waals surface area contributed by atoms with Crippen molar-refractivity contribution in [2.75, 3.05) is 18.0 Å². The molecule has 0 bridgehead atoms. The third-order valence-electron chi connectivity index (χ3n) is 4.20. The van der Waals surface area contributed by atoms with Gasteiger partial charge in [0.15, 0.2) is 5.82 Å². The monoisotopic (exact) mass is 250 g/mol. The molecule has 2 heterocycles. The van der Waals surface area contributed by atoms with Crippen LogP contribution >= 0.6 is 0 Å². The largest absolute Gasteiger partial charge is 0.349 e. The molecule has 4 nitrogen and oxygen atoms in total. The Balaban J connectivity index is 2.25. The summed E-state index contributed by atoms with van der Waals surface area (Å²) >= 11 is 0. The molecule has 0 radical (unpaired) electrons. The van der Waals surface area contributed by atoms with E-state index in [0.29, 0.717) is 12.0 Å². The highest BCUT2D eigenvalue weighted by atomic mass is 15.4. The lowest BCUT2D eigenvalue weighted by atomic mass is 9.90. The van der Waals surface area contributed by atoms with E-state index >= 15 is 0 Å². The van der Waals surface area contributed by atoms with Gasteiger partial charge in [-0.25, -0.2) is 0 Å². The molecule has 1 aromatic heterocycles. The van der Waals surface area contributed by atoms with E-state index < -0.39 is 0 Å². The van der Waals surface area contributed by atoms with Crippen LogP contribution in [0.15, 0.2) is 12.3 Å². The third-order valence-corrected chi connectivity index (χ3v) is 4.20. The molecule has 1 N–H and O–H groups in total. The van der Waals surface area contributed by atoms with Gasteiger partial charge in [-0.05, 0) is 19.3 Å². The minimum Gasteiger partial charge on any atom is -0.349 e. The minimum atomic E-state index is 0.197. The Labute approximate surface area is 110 Å². The Kier molecular flexibility index (Phi) is 3.66. The topological polar surface area (TPSA) is 33.1 Å². The lowest BCUT2D eigenvalue weighted by Gasteiger charge is -2.47. The first-order chi connectivity index (χ1) is 8.45. The van der Waals surface area contributed by atoms with Gasteiger partial charge in [-0.15, -0.1) is 0 Å². The summed E-state index contributed by atoms with van der Waals surface area (Å²) in [6.07, 6.45) is 3.17. The molecule has 1 aliphatic rings. The first kappa shape index (κ1) is 13.4. The average Bonchev–Trinajstić information content (AvgIpc) is 2.75. The van der Waals surface area contributed by atoms with Crippen molar-refractivity contribution in [3.8, 4) is 0 Å². The van der Waals surface area contributed by atoms with Crippen LogP contribution < -0.4 is 10.2 Å². The second-order valence-corrected chi connectivity index (χ2v) is 6.08. The van der Waals surface area contributed by atoms with Gasteiger partial charge in [0.05, 0.1) is 0 Å². The van der Waals surface area contributed by atoms with Crippen LogP contribution in [0.5, 0.6) is 0 Å². The van der Waals surface area contributed by atoms with Crippen LogP contribution in [-0.2, 0) is 7.05 Å². The van der Waals surface area contributed by atoms with Crippen LogP contribution in [-0.4, -0.2) is 34.5 Å². The molecule has 18 heavy (non-hydrogen) atoms. The molecule has 0 aromatic carbocycles. The van der Waals surface area contributed by atoms with Crippen LogP contribution in [0.3, 0.4) is 0 Å². The second-order valence-electron chi connectivity index (χ2n) is 6.08. The minimum absolute atomic E-state index is 0.197. The third kappa shape index (κ3) is 2.53. The lowest BCUT2D eigenvalue weighted by Crippen LogP contribution is -2.64. The first-order valence-corrected chi connectivity index (χ1v) is 6.96. The summed E-state index contributed by atoms with van der Waals surface area (Å²) in [5, 5.41) is 8.29. The summed E-state index contributed by atoms with van der Waals surface area (Å²) in [6.45, 7) is 11.2. The molecule has 2 atom stereocenters. The molecule has 4 heteroatoms. The number of nitrogens with one attached hydrogen (secondary N) is 1. The van der Waals surface area contributed by atoms with Gasteiger partial charge in [0.25, 0.3) is 0 Å². The average molecular weight is 250 g/mol. The number of hydrogen-bond acceptors (Lipinski definition) is 3. The summed E-state index contributed by atoms with van der Waals surface area (Å²) in [6, 6.07) is 2.65. The van der Waals surface area contributed by atoms with Crippen LogP contribution in [0.25, 0.3) is 0 Å². The van der Waals surface area contributed by atoms with Gasteiger partial charge in [0.2, 0.25) is 0 Å². The van der Waals surface area contributed by atoms with Crippen LogP contribution in [0, 0.1) is 5.92 Å². The normalized spacial score (nSPS) is 29.0. The Morgan fingerprint density at radius 2 is 2.28 bits per heavy atom. The van der Waals surface area contributed by atoms with E-state index in [9.17, 15) is 0 Å². The Morgan fingerprint density at radius 3 is 2.78 bits per heavy atom. The number of aryl methyl sites for hydroxylation is 1. The zero-order valence-corrected chi connectivity index (χ0v) is 12.3. The van der Waals surface area contributed by atoms with E-state index in [2.05, 4.69) is 49.1 Å². The van der Waals surface area contributed by atoms with Crippen LogP contribution in [0.4, 0.5) is 5.82 Å². The maximum absolute atomic E-state index is 4.58. The van der Waals surface area contributed by atoms with Gasteiger partial charge in [-0.3, -0.25) is 4.68 Å². The molecule has 1 saturated heterocycles. The molecule has 0 aliphatic carbocycles. The van der Waals surface area contributed by atoms with Gasteiger partial charge in [0.1, 0.15) is 0 Å². The van der Waals surface area contributed by atoms with E-state index in [1.807, 2.05) is 17.9 Å². The fourth-order valence-corrected chi connectivity index (χ4v) is 2.65. The smallest absolute Gasteiger partial charge is 0.150 e. The summed E-state index contributed by atoms with van der Waals surface area (Å²) in [5.74, 6) is 1.73. The quantitative estimate of drug-likeness (QED) is 0.891. The van der Waals surface area contributed by atoms with E-state index in [4.69, 9.17) is 0 Å². The standard InChI is InChI=1S/C14H26N4/c1-6-14(4)10-18(12(9-15-14)11(2)3)13-7-8-17(5)16-13/h7-8,11-12,15H,6,9-10H2,1-5H3. The molecule has 102 valence electrons. The molecule has 1 aliphatic heterocycles. The highest BCUT2D eigenvalue weighted by molar-refractivity contribution is 5.41. The number of aromatic nitrogens is 2. The van der Waals surface area contributed by atoms with E-state index in [-0.39, 0.29) is 5.54 Å². The van der Waals surface area contributed by atoms with Crippen molar-refractivity contribution in [1.82, 2.24) is 15.1 Å². The highest BCUT2D eigenvalue weighted by Crippen LogP contribution is 2.26. The van der Waals surface area contributed by atoms with Crippen molar-refractivity contribution < 1.29 is 0 Å². The summed E-state index contributed by atoms with van der Waals surface area (Å²) in [7, 11) is 1.98. The molecule has 2 rings (SSSR count). The van der Waals surface area contributed by atoms with Crippen LogP contribution in [0.2, 0.25) is 0 Å². The van der Waals surface area contributed by atoms with Crippen molar-refractivity contribution in [2.45, 2.75) is 45.7 Å². The maximum atomic E-state index is 4.58. The number of piperazine rings is 1. The molecule has 1 aromatic rings. The Hall–Kier alpha value is -1.03. The molecular formula is C14H26N4. The fourth-order valence-electron chi connectivity index (χ4n) is 2.65. The van der Waals surface area contributed by atoms with Crippen molar-refractivity contribution >= 4 is 5.82 Å². The van der Waals surface area contributed by atoms with E-state index in [1.165, 1.54) is 0 Å². The van der Waals surface area contributed by atoms with Crippen molar-refractivity contribution in [1.29, 1.82) is 0 Å². The summed E-state index contributed by atoms with van der Waals surface area (Å²) in [4.78, 5) is 2.48. The summed E-state index contributed by atoms with van der Waals surface area (Å²) < 4.78 is 1.89. The van der Waals surface area contributed by atoms with Gasteiger partial charge in [-0.1, -0.05) is 20.8 Å². The second kappa shape index (κ2) is 4.92. The van der Waals surface area contributed by atoms with Crippen LogP contribution in [0.1, 0.15) is 34.1 Å². The van der Waals surface area contributed by atoms with Gasteiger partial charge in [0, 0.05) is 44.0 Å². The SMILES string of the molecule is CCC1(C)CN(c2ccn(C)n2)C(C(C)C)CN1. The van der Waals surface area contributed by atoms with Crippen molar-refractivity contribution in [3.05, 3.63) is 12.3 Å². The van der Waals surface area contributed by atoms with E-state index in [0.717, 1.165) is 25.3 Å². The molecule has 1 fully saturated rings. The molecule has 2 unspecified atom stereocenters. The van der Waals surface area contributed by atoms with Gasteiger partial charge in [-0.2, -0.15) is 5.10 Å². The predicted octanol–water partition coefficient (Wildman–Crippen LogP) is 2.02. The number of hydrogen-bond donors (Lipinski definition) is 1. The Bertz CT molecular complexity index is 398. The zero-order chi connectivity index (χ0) is 13.3. The van der Waals surface area contributed by atoms with E-state index in [1.54, 1.807) is 0 Å². The molecule has 0 amide bonds. The molecular weight excluding hydrogens is 224 g/mol. The predicted molar refractivity (Wildman–Crippen MR) is 75.9 cm³/mol. The number of nitrogens with zero attached hydrogens (tertiary/aromatic N) is 3. The maximum Gasteiger partial charge on any atom is 0.150 e. The fraction of sp³-hybridized carbons (Fsp3) is 0.786. The number of anilines is 1. The molecule has 0 spiro atoms. The zero-order valence-electron chi connectivity index (χ0n) is 12.3. The first-order valence-electron chi connectivity index (χ1n) is 6.96. The molecule has 0 saturated carbocycles. The van der Waals surface area contributed by atoms with Crippen molar-refractivity contribution in [2.24, 2.45) is 13.0 Å².